The van der Waals surface area contributed by atoms with Gasteiger partial charge in [0.2, 0.25) is 5.91 Å². The lowest BCUT2D eigenvalue weighted by Gasteiger charge is -2.11. The van der Waals surface area contributed by atoms with Gasteiger partial charge in [0.25, 0.3) is 0 Å². The molecule has 1 aromatic carbocycles. The number of benzene rings is 1. The standard InChI is InChI=1S/C15H13NO3S/c17-13(9-8-11-5-2-1-3-6-11)16-14(15(18)19)12-7-4-10-20-12/h1-10,14H,(H,16,17)(H,18,19)/b9-8+. The molecule has 2 N–H and O–H groups in total. The van der Waals surface area contributed by atoms with Gasteiger partial charge in [0.05, 0.1) is 0 Å². The van der Waals surface area contributed by atoms with Crippen LogP contribution < -0.4 is 5.32 Å². The number of rotatable bonds is 5. The van der Waals surface area contributed by atoms with Crippen LogP contribution >= 0.6 is 11.3 Å². The van der Waals surface area contributed by atoms with Gasteiger partial charge in [0, 0.05) is 11.0 Å². The molecular weight excluding hydrogens is 274 g/mol. The molecule has 5 heteroatoms. The Morgan fingerprint density at radius 1 is 1.15 bits per heavy atom. The Morgan fingerprint density at radius 2 is 1.90 bits per heavy atom. The van der Waals surface area contributed by atoms with Gasteiger partial charge >= 0.3 is 5.97 Å². The van der Waals surface area contributed by atoms with Crippen molar-refractivity contribution in [1.82, 2.24) is 5.32 Å². The Balaban J connectivity index is 2.03. The summed E-state index contributed by atoms with van der Waals surface area (Å²) in [4.78, 5) is 23.5. The van der Waals surface area contributed by atoms with Gasteiger partial charge in [-0.1, -0.05) is 36.4 Å². The summed E-state index contributed by atoms with van der Waals surface area (Å²) in [5, 5.41) is 13.4. The maximum atomic E-state index is 11.8. The van der Waals surface area contributed by atoms with Crippen LogP contribution in [0.1, 0.15) is 16.5 Å². The summed E-state index contributed by atoms with van der Waals surface area (Å²) in [6, 6.07) is 11.8. The number of nitrogens with one attached hydrogen (secondary N) is 1. The van der Waals surface area contributed by atoms with E-state index < -0.39 is 17.9 Å². The predicted molar refractivity (Wildman–Crippen MR) is 78.3 cm³/mol. The van der Waals surface area contributed by atoms with E-state index in [-0.39, 0.29) is 0 Å². The molecule has 1 amide bonds. The fourth-order valence-electron chi connectivity index (χ4n) is 1.64. The van der Waals surface area contributed by atoms with E-state index >= 15 is 0 Å². The summed E-state index contributed by atoms with van der Waals surface area (Å²) in [7, 11) is 0. The molecule has 0 bridgehead atoms. The van der Waals surface area contributed by atoms with Crippen molar-refractivity contribution in [3.05, 3.63) is 64.4 Å². The van der Waals surface area contributed by atoms with Crippen LogP contribution in [0.4, 0.5) is 0 Å². The highest BCUT2D eigenvalue weighted by Gasteiger charge is 2.21. The Morgan fingerprint density at radius 3 is 2.50 bits per heavy atom. The molecule has 1 aromatic heterocycles. The lowest BCUT2D eigenvalue weighted by molar-refractivity contribution is -0.141. The summed E-state index contributed by atoms with van der Waals surface area (Å²) in [6.07, 6.45) is 2.97. The molecule has 2 rings (SSSR count). The average Bonchev–Trinajstić information content (AvgIpc) is 2.97. The van der Waals surface area contributed by atoms with Crippen molar-refractivity contribution in [2.75, 3.05) is 0 Å². The highest BCUT2D eigenvalue weighted by atomic mass is 32.1. The molecule has 0 saturated carbocycles. The van der Waals surface area contributed by atoms with Crippen LogP contribution in [0.25, 0.3) is 6.08 Å². The highest BCUT2D eigenvalue weighted by molar-refractivity contribution is 7.10. The molecule has 0 aliphatic carbocycles. The number of amides is 1. The summed E-state index contributed by atoms with van der Waals surface area (Å²) in [5.74, 6) is -1.51. The monoisotopic (exact) mass is 287 g/mol. The maximum absolute atomic E-state index is 11.8. The number of aliphatic carboxylic acids is 1. The smallest absolute Gasteiger partial charge is 0.331 e. The third-order valence-corrected chi connectivity index (χ3v) is 3.53. The van der Waals surface area contributed by atoms with Gasteiger partial charge in [-0.3, -0.25) is 4.79 Å². The zero-order chi connectivity index (χ0) is 14.4. The Hall–Kier alpha value is -2.40. The van der Waals surface area contributed by atoms with E-state index in [1.54, 1.807) is 23.6 Å². The second kappa shape index (κ2) is 6.68. The molecule has 1 atom stereocenters. The Kier molecular flexibility index (Phi) is 4.68. The fourth-order valence-corrected chi connectivity index (χ4v) is 2.40. The predicted octanol–water partition coefficient (Wildman–Crippen LogP) is 2.70. The number of carboxylic acids is 1. The van der Waals surface area contributed by atoms with Gasteiger partial charge in [-0.15, -0.1) is 11.3 Å². The van der Waals surface area contributed by atoms with Crippen LogP contribution in [0.5, 0.6) is 0 Å². The summed E-state index contributed by atoms with van der Waals surface area (Å²) in [5.41, 5.74) is 0.880. The zero-order valence-corrected chi connectivity index (χ0v) is 11.3. The minimum atomic E-state index is -1.08. The van der Waals surface area contributed by atoms with Gasteiger partial charge in [-0.05, 0) is 23.1 Å². The average molecular weight is 287 g/mol. The van der Waals surface area contributed by atoms with Crippen molar-refractivity contribution in [1.29, 1.82) is 0 Å². The third-order valence-electron chi connectivity index (χ3n) is 2.59. The molecule has 20 heavy (non-hydrogen) atoms. The van der Waals surface area contributed by atoms with Gasteiger partial charge in [0.15, 0.2) is 6.04 Å². The number of thiophene rings is 1. The second-order valence-electron chi connectivity index (χ2n) is 4.04. The van der Waals surface area contributed by atoms with Crippen molar-refractivity contribution >= 4 is 29.3 Å². The molecule has 0 saturated heterocycles. The normalized spacial score (nSPS) is 12.2. The minimum absolute atomic E-state index is 0.436. The molecule has 4 nitrogen and oxygen atoms in total. The van der Waals surface area contributed by atoms with Crippen LogP contribution in [-0.4, -0.2) is 17.0 Å². The Labute approximate surface area is 120 Å². The van der Waals surface area contributed by atoms with E-state index in [0.29, 0.717) is 4.88 Å². The Bertz CT molecular complexity index is 605. The van der Waals surface area contributed by atoms with Crippen molar-refractivity contribution in [2.45, 2.75) is 6.04 Å². The van der Waals surface area contributed by atoms with Crippen LogP contribution in [0.15, 0.2) is 53.9 Å². The first kappa shape index (κ1) is 14.0. The highest BCUT2D eigenvalue weighted by Crippen LogP contribution is 2.19. The number of carboxylic acid groups (broad SMARTS) is 1. The van der Waals surface area contributed by atoms with Crippen LogP contribution in [0, 0.1) is 0 Å². The van der Waals surface area contributed by atoms with Crippen LogP contribution in [0.2, 0.25) is 0 Å². The van der Waals surface area contributed by atoms with Crippen LogP contribution in [-0.2, 0) is 9.59 Å². The topological polar surface area (TPSA) is 66.4 Å². The number of carbonyl (C=O) groups is 2. The lowest BCUT2D eigenvalue weighted by Crippen LogP contribution is -2.31. The van der Waals surface area contributed by atoms with Gasteiger partial charge in [-0.25, -0.2) is 4.79 Å². The number of hydrogen-bond acceptors (Lipinski definition) is 3. The van der Waals surface area contributed by atoms with E-state index in [9.17, 15) is 9.59 Å². The van der Waals surface area contributed by atoms with Gasteiger partial charge in [0.1, 0.15) is 0 Å². The van der Waals surface area contributed by atoms with Gasteiger partial charge in [-0.2, -0.15) is 0 Å². The first-order valence-corrected chi connectivity index (χ1v) is 6.84. The quantitative estimate of drug-likeness (QED) is 0.831. The molecule has 0 aliphatic rings. The SMILES string of the molecule is O=C(/C=C/c1ccccc1)NC(C(=O)O)c1cccs1. The molecule has 0 spiro atoms. The molecule has 1 unspecified atom stereocenters. The number of carbonyl (C=O) groups excluding carboxylic acids is 1. The van der Waals surface area contributed by atoms with E-state index in [1.165, 1.54) is 17.4 Å². The van der Waals surface area contributed by atoms with Crippen molar-refractivity contribution in [3.8, 4) is 0 Å². The van der Waals surface area contributed by atoms with E-state index in [1.807, 2.05) is 30.3 Å². The molecule has 0 aliphatic heterocycles. The molecule has 0 radical (unpaired) electrons. The van der Waals surface area contributed by atoms with E-state index in [4.69, 9.17) is 5.11 Å². The van der Waals surface area contributed by atoms with E-state index in [2.05, 4.69) is 5.32 Å². The third kappa shape index (κ3) is 3.80. The minimum Gasteiger partial charge on any atom is -0.479 e. The van der Waals surface area contributed by atoms with Crippen LogP contribution in [0.3, 0.4) is 0 Å². The molecule has 102 valence electrons. The molecule has 2 aromatic rings. The lowest BCUT2D eigenvalue weighted by atomic mass is 10.2. The molecular formula is C15H13NO3S. The number of hydrogen-bond donors (Lipinski definition) is 2. The second-order valence-corrected chi connectivity index (χ2v) is 5.02. The molecule has 0 fully saturated rings. The first-order valence-electron chi connectivity index (χ1n) is 5.96. The van der Waals surface area contributed by atoms with Crippen molar-refractivity contribution in [2.24, 2.45) is 0 Å². The van der Waals surface area contributed by atoms with E-state index in [0.717, 1.165) is 5.56 Å². The summed E-state index contributed by atoms with van der Waals surface area (Å²) >= 11 is 1.30. The van der Waals surface area contributed by atoms with Crippen molar-refractivity contribution in [3.63, 3.8) is 0 Å². The van der Waals surface area contributed by atoms with Crippen molar-refractivity contribution < 1.29 is 14.7 Å². The largest absolute Gasteiger partial charge is 0.479 e. The zero-order valence-electron chi connectivity index (χ0n) is 10.5. The summed E-state index contributed by atoms with van der Waals surface area (Å²) in [6.45, 7) is 0. The molecule has 1 heterocycles. The fraction of sp³-hybridized carbons (Fsp3) is 0.0667. The van der Waals surface area contributed by atoms with Gasteiger partial charge < -0.3 is 10.4 Å². The maximum Gasteiger partial charge on any atom is 0.331 e. The summed E-state index contributed by atoms with van der Waals surface area (Å²) < 4.78 is 0. The first-order chi connectivity index (χ1) is 9.66.